The van der Waals surface area contributed by atoms with E-state index in [1.807, 2.05) is 6.92 Å². The standard InChI is InChI=1S/C12H12F2N2O/c1-7(15-2)12-16-6-10(17-12)8-4-3-5-9(13)11(8)14/h3-7,15H,1-2H3. The van der Waals surface area contributed by atoms with E-state index in [4.69, 9.17) is 4.42 Å². The van der Waals surface area contributed by atoms with Gasteiger partial charge < -0.3 is 9.73 Å². The Balaban J connectivity index is 2.40. The lowest BCUT2D eigenvalue weighted by Crippen LogP contribution is -2.12. The molecule has 0 amide bonds. The second kappa shape index (κ2) is 4.63. The normalized spacial score (nSPS) is 12.7. The Morgan fingerprint density at radius 3 is 2.82 bits per heavy atom. The van der Waals surface area contributed by atoms with Crippen LogP contribution in [-0.4, -0.2) is 12.0 Å². The summed E-state index contributed by atoms with van der Waals surface area (Å²) in [5.41, 5.74) is 0.0760. The Morgan fingerprint density at radius 1 is 1.35 bits per heavy atom. The summed E-state index contributed by atoms with van der Waals surface area (Å²) in [5, 5.41) is 2.95. The zero-order chi connectivity index (χ0) is 12.4. The van der Waals surface area contributed by atoms with Crippen molar-refractivity contribution in [3.8, 4) is 11.3 Å². The van der Waals surface area contributed by atoms with E-state index in [2.05, 4.69) is 10.3 Å². The third kappa shape index (κ3) is 2.19. The van der Waals surface area contributed by atoms with E-state index >= 15 is 0 Å². The van der Waals surface area contributed by atoms with Gasteiger partial charge in [-0.05, 0) is 26.1 Å². The van der Waals surface area contributed by atoms with Crippen LogP contribution in [0.3, 0.4) is 0 Å². The predicted molar refractivity (Wildman–Crippen MR) is 59.3 cm³/mol. The van der Waals surface area contributed by atoms with Crippen LogP contribution in [0.2, 0.25) is 0 Å². The van der Waals surface area contributed by atoms with Crippen LogP contribution >= 0.6 is 0 Å². The number of nitrogens with zero attached hydrogens (tertiary/aromatic N) is 1. The van der Waals surface area contributed by atoms with Gasteiger partial charge in [-0.25, -0.2) is 13.8 Å². The molecule has 0 spiro atoms. The minimum atomic E-state index is -0.924. The SMILES string of the molecule is CNC(C)c1ncc(-c2cccc(F)c2F)o1. The smallest absolute Gasteiger partial charge is 0.211 e. The highest BCUT2D eigenvalue weighted by Crippen LogP contribution is 2.26. The fourth-order valence-electron chi connectivity index (χ4n) is 1.43. The molecule has 3 nitrogen and oxygen atoms in total. The van der Waals surface area contributed by atoms with E-state index in [-0.39, 0.29) is 17.4 Å². The molecule has 1 heterocycles. The summed E-state index contributed by atoms with van der Waals surface area (Å²) >= 11 is 0. The van der Waals surface area contributed by atoms with Crippen LogP contribution in [0.25, 0.3) is 11.3 Å². The van der Waals surface area contributed by atoms with Gasteiger partial charge in [-0.3, -0.25) is 0 Å². The Labute approximate surface area is 97.5 Å². The van der Waals surface area contributed by atoms with E-state index in [9.17, 15) is 8.78 Å². The maximum atomic E-state index is 13.5. The van der Waals surface area contributed by atoms with Crippen molar-refractivity contribution in [1.29, 1.82) is 0 Å². The molecule has 5 heteroatoms. The summed E-state index contributed by atoms with van der Waals surface area (Å²) in [5.74, 6) is -1.17. The van der Waals surface area contributed by atoms with Crippen LogP contribution in [0.4, 0.5) is 8.78 Å². The molecule has 90 valence electrons. The fourth-order valence-corrected chi connectivity index (χ4v) is 1.43. The van der Waals surface area contributed by atoms with Gasteiger partial charge in [-0.1, -0.05) is 6.07 Å². The van der Waals surface area contributed by atoms with Gasteiger partial charge in [0, 0.05) is 0 Å². The van der Waals surface area contributed by atoms with Crippen molar-refractivity contribution in [3.63, 3.8) is 0 Å². The summed E-state index contributed by atoms with van der Waals surface area (Å²) in [4.78, 5) is 4.02. The van der Waals surface area contributed by atoms with Gasteiger partial charge in [0.1, 0.15) is 0 Å². The topological polar surface area (TPSA) is 38.1 Å². The van der Waals surface area contributed by atoms with Gasteiger partial charge in [0.15, 0.2) is 17.4 Å². The van der Waals surface area contributed by atoms with Crippen LogP contribution < -0.4 is 5.32 Å². The molecular formula is C12H12F2N2O. The summed E-state index contributed by atoms with van der Waals surface area (Å²) in [6, 6.07) is 3.86. The van der Waals surface area contributed by atoms with Crippen LogP contribution in [0.1, 0.15) is 18.9 Å². The monoisotopic (exact) mass is 238 g/mol. The first-order valence-electron chi connectivity index (χ1n) is 5.21. The zero-order valence-electron chi connectivity index (χ0n) is 9.50. The first-order valence-corrected chi connectivity index (χ1v) is 5.21. The van der Waals surface area contributed by atoms with E-state index in [0.29, 0.717) is 5.89 Å². The quantitative estimate of drug-likeness (QED) is 0.893. The van der Waals surface area contributed by atoms with Crippen molar-refractivity contribution in [1.82, 2.24) is 10.3 Å². The zero-order valence-corrected chi connectivity index (χ0v) is 9.50. The summed E-state index contributed by atoms with van der Waals surface area (Å²) in [7, 11) is 1.76. The average molecular weight is 238 g/mol. The Morgan fingerprint density at radius 2 is 2.12 bits per heavy atom. The Hall–Kier alpha value is -1.75. The second-order valence-corrected chi connectivity index (χ2v) is 3.67. The first-order chi connectivity index (χ1) is 8.13. The lowest BCUT2D eigenvalue weighted by atomic mass is 10.2. The summed E-state index contributed by atoms with van der Waals surface area (Å²) in [6.45, 7) is 1.86. The number of oxazole rings is 1. The highest BCUT2D eigenvalue weighted by molar-refractivity contribution is 5.57. The van der Waals surface area contributed by atoms with Crippen LogP contribution in [0.15, 0.2) is 28.8 Å². The highest BCUT2D eigenvalue weighted by Gasteiger charge is 2.16. The maximum Gasteiger partial charge on any atom is 0.211 e. The third-order valence-electron chi connectivity index (χ3n) is 2.54. The number of rotatable bonds is 3. The van der Waals surface area contributed by atoms with Crippen molar-refractivity contribution >= 4 is 0 Å². The largest absolute Gasteiger partial charge is 0.439 e. The van der Waals surface area contributed by atoms with Crippen molar-refractivity contribution in [2.24, 2.45) is 0 Å². The number of hydrogen-bond acceptors (Lipinski definition) is 3. The van der Waals surface area contributed by atoms with Crippen molar-refractivity contribution < 1.29 is 13.2 Å². The Kier molecular flexibility index (Phi) is 3.19. The minimum Gasteiger partial charge on any atom is -0.439 e. The molecule has 0 saturated heterocycles. The van der Waals surface area contributed by atoms with Crippen LogP contribution in [-0.2, 0) is 0 Å². The molecule has 0 aliphatic rings. The minimum absolute atomic E-state index is 0.0760. The first kappa shape index (κ1) is 11.7. The maximum absolute atomic E-state index is 13.5. The molecular weight excluding hydrogens is 226 g/mol. The third-order valence-corrected chi connectivity index (χ3v) is 2.54. The van der Waals surface area contributed by atoms with Gasteiger partial charge in [0.2, 0.25) is 5.89 Å². The lowest BCUT2D eigenvalue weighted by molar-refractivity contribution is 0.437. The van der Waals surface area contributed by atoms with Crippen molar-refractivity contribution in [2.45, 2.75) is 13.0 Å². The number of halogens is 2. The number of aromatic nitrogens is 1. The van der Waals surface area contributed by atoms with Crippen molar-refractivity contribution in [2.75, 3.05) is 7.05 Å². The lowest BCUT2D eigenvalue weighted by Gasteiger charge is -2.04. The Bertz CT molecular complexity index is 525. The van der Waals surface area contributed by atoms with Crippen molar-refractivity contribution in [3.05, 3.63) is 41.9 Å². The van der Waals surface area contributed by atoms with Gasteiger partial charge >= 0.3 is 0 Å². The van der Waals surface area contributed by atoms with Crippen LogP contribution in [0, 0.1) is 11.6 Å². The molecule has 17 heavy (non-hydrogen) atoms. The molecule has 0 saturated carbocycles. The molecule has 1 aromatic heterocycles. The number of nitrogens with one attached hydrogen (secondary N) is 1. The van der Waals surface area contributed by atoms with E-state index in [0.717, 1.165) is 6.07 Å². The van der Waals surface area contributed by atoms with E-state index in [1.165, 1.54) is 18.3 Å². The van der Waals surface area contributed by atoms with Gasteiger partial charge in [0.25, 0.3) is 0 Å². The van der Waals surface area contributed by atoms with Crippen LogP contribution in [0.5, 0.6) is 0 Å². The molecule has 0 radical (unpaired) electrons. The summed E-state index contributed by atoms with van der Waals surface area (Å²) < 4.78 is 31.9. The molecule has 2 aromatic rings. The van der Waals surface area contributed by atoms with E-state index in [1.54, 1.807) is 7.05 Å². The predicted octanol–water partition coefficient (Wildman–Crippen LogP) is 2.90. The molecule has 1 aromatic carbocycles. The number of hydrogen-bond donors (Lipinski definition) is 1. The number of benzene rings is 1. The highest BCUT2D eigenvalue weighted by atomic mass is 19.2. The second-order valence-electron chi connectivity index (χ2n) is 3.67. The summed E-state index contributed by atoms with van der Waals surface area (Å²) in [6.07, 6.45) is 1.39. The molecule has 1 N–H and O–H groups in total. The fraction of sp³-hybridized carbons (Fsp3) is 0.250. The van der Waals surface area contributed by atoms with Gasteiger partial charge in [0.05, 0.1) is 17.8 Å². The van der Waals surface area contributed by atoms with Gasteiger partial charge in [-0.2, -0.15) is 0 Å². The molecule has 2 rings (SSSR count). The molecule has 0 aliphatic carbocycles. The van der Waals surface area contributed by atoms with E-state index < -0.39 is 11.6 Å². The average Bonchev–Trinajstić information content (AvgIpc) is 2.81. The molecule has 1 atom stereocenters. The molecule has 1 unspecified atom stereocenters. The molecule has 0 fully saturated rings. The molecule has 0 bridgehead atoms. The molecule has 0 aliphatic heterocycles. The van der Waals surface area contributed by atoms with Gasteiger partial charge in [-0.15, -0.1) is 0 Å².